The molecule has 0 unspecified atom stereocenters. The molecule has 4 rings (SSSR count). The van der Waals surface area contributed by atoms with Gasteiger partial charge >= 0.3 is 0 Å². The first-order valence-corrected chi connectivity index (χ1v) is 11.5. The lowest BCUT2D eigenvalue weighted by Gasteiger charge is -2.34. The van der Waals surface area contributed by atoms with Crippen LogP contribution in [0.5, 0.6) is 0 Å². The summed E-state index contributed by atoms with van der Waals surface area (Å²) < 4.78 is 3.47. The summed E-state index contributed by atoms with van der Waals surface area (Å²) in [6, 6.07) is 4.25. The second-order valence-corrected chi connectivity index (χ2v) is 10.2. The normalized spacial score (nSPS) is 17.9. The average Bonchev–Trinajstić information content (AvgIpc) is 3.30. The molecule has 9 heteroatoms. The molecule has 1 saturated carbocycles. The van der Waals surface area contributed by atoms with E-state index in [9.17, 15) is 4.79 Å². The number of aromatic nitrogens is 3. The second-order valence-electron chi connectivity index (χ2n) is 7.69. The summed E-state index contributed by atoms with van der Waals surface area (Å²) in [7, 11) is 2.09. The Hall–Kier alpha value is -1.45. The molecule has 28 heavy (non-hydrogen) atoms. The molecular weight excluding hydrogens is 440 g/mol. The molecule has 2 fully saturated rings. The number of amides is 1. The number of carbonyl (C=O) groups excluding carboxylic acids is 1. The molecule has 2 aromatic rings. The van der Waals surface area contributed by atoms with Gasteiger partial charge in [0.15, 0.2) is 0 Å². The highest BCUT2D eigenvalue weighted by atomic mass is 79.9. The van der Waals surface area contributed by atoms with Gasteiger partial charge in [0.1, 0.15) is 5.82 Å². The van der Waals surface area contributed by atoms with Crippen LogP contribution in [0.2, 0.25) is 0 Å². The van der Waals surface area contributed by atoms with Gasteiger partial charge in [-0.3, -0.25) is 14.3 Å². The van der Waals surface area contributed by atoms with E-state index in [1.54, 1.807) is 18.3 Å². The zero-order chi connectivity index (χ0) is 19.7. The van der Waals surface area contributed by atoms with E-state index in [0.717, 1.165) is 61.4 Å². The minimum Gasteiger partial charge on any atom is -0.340 e. The van der Waals surface area contributed by atoms with Crippen molar-refractivity contribution in [1.82, 2.24) is 24.6 Å². The first-order chi connectivity index (χ1) is 13.5. The molecule has 0 bridgehead atoms. The summed E-state index contributed by atoms with van der Waals surface area (Å²) in [5.74, 6) is 2.84. The molecule has 1 aliphatic carbocycles. The minimum absolute atomic E-state index is 0.179. The van der Waals surface area contributed by atoms with E-state index < -0.39 is 0 Å². The first kappa shape index (κ1) is 19.8. The average molecular weight is 467 g/mol. The van der Waals surface area contributed by atoms with Crippen LogP contribution in [0, 0.1) is 0 Å². The number of rotatable bonds is 7. The fraction of sp³-hybridized carbons (Fsp3) is 0.632. The lowest BCUT2D eigenvalue weighted by molar-refractivity contribution is -0.130. The Labute approximate surface area is 178 Å². The molecule has 2 aromatic heterocycles. The fourth-order valence-electron chi connectivity index (χ4n) is 3.72. The zero-order valence-electron chi connectivity index (χ0n) is 16.5. The van der Waals surface area contributed by atoms with Crippen molar-refractivity contribution in [2.45, 2.75) is 38.8 Å². The summed E-state index contributed by atoms with van der Waals surface area (Å²) in [5, 5.41) is 9.08. The van der Waals surface area contributed by atoms with Crippen molar-refractivity contribution in [2.24, 2.45) is 0 Å². The van der Waals surface area contributed by atoms with Crippen molar-refractivity contribution in [3.8, 4) is 0 Å². The largest absolute Gasteiger partial charge is 0.340 e. The lowest BCUT2D eigenvalue weighted by Crippen LogP contribution is -2.48. The topological polar surface area (TPSA) is 57.5 Å². The maximum absolute atomic E-state index is 11.5. The van der Waals surface area contributed by atoms with E-state index in [1.165, 1.54) is 17.7 Å². The summed E-state index contributed by atoms with van der Waals surface area (Å²) in [6.07, 6.45) is 2.44. The van der Waals surface area contributed by atoms with Crippen LogP contribution < -0.4 is 4.90 Å². The van der Waals surface area contributed by atoms with Gasteiger partial charge in [0.05, 0.1) is 10.3 Å². The maximum atomic E-state index is 11.5. The number of anilines is 1. The Kier molecular flexibility index (Phi) is 6.03. The van der Waals surface area contributed by atoms with Crippen LogP contribution >= 0.6 is 27.3 Å². The van der Waals surface area contributed by atoms with Crippen LogP contribution in [0.25, 0.3) is 0 Å². The molecular formula is C19H27BrN6OS. The van der Waals surface area contributed by atoms with Crippen molar-refractivity contribution in [1.29, 1.82) is 0 Å². The van der Waals surface area contributed by atoms with Gasteiger partial charge in [-0.1, -0.05) is 0 Å². The molecule has 7 nitrogen and oxygen atoms in total. The molecule has 3 heterocycles. The van der Waals surface area contributed by atoms with Gasteiger partial charge in [0.25, 0.3) is 0 Å². The van der Waals surface area contributed by atoms with Crippen molar-refractivity contribution in [3.05, 3.63) is 26.6 Å². The Morgan fingerprint density at radius 1 is 1.21 bits per heavy atom. The number of carbonyl (C=O) groups is 1. The van der Waals surface area contributed by atoms with E-state index in [4.69, 9.17) is 0 Å². The second kappa shape index (κ2) is 8.51. The van der Waals surface area contributed by atoms with Gasteiger partial charge in [-0.2, -0.15) is 0 Å². The predicted molar refractivity (Wildman–Crippen MR) is 115 cm³/mol. The molecule has 1 aliphatic heterocycles. The number of hydrogen-bond donors (Lipinski definition) is 0. The smallest absolute Gasteiger partial charge is 0.227 e. The number of hydrogen-bond acceptors (Lipinski definition) is 6. The van der Waals surface area contributed by atoms with E-state index in [-0.39, 0.29) is 5.91 Å². The van der Waals surface area contributed by atoms with Crippen molar-refractivity contribution < 1.29 is 4.79 Å². The molecule has 2 aliphatic rings. The maximum Gasteiger partial charge on any atom is 0.227 e. The highest BCUT2D eigenvalue weighted by Gasteiger charge is 2.31. The summed E-state index contributed by atoms with van der Waals surface area (Å²) in [4.78, 5) is 19.4. The molecule has 0 spiro atoms. The highest BCUT2D eigenvalue weighted by molar-refractivity contribution is 9.11. The lowest BCUT2D eigenvalue weighted by atomic mass is 10.3. The molecule has 0 aromatic carbocycles. The Morgan fingerprint density at radius 3 is 2.57 bits per heavy atom. The van der Waals surface area contributed by atoms with E-state index in [2.05, 4.69) is 59.7 Å². The quantitative estimate of drug-likeness (QED) is 0.627. The van der Waals surface area contributed by atoms with E-state index >= 15 is 0 Å². The molecule has 1 amide bonds. The van der Waals surface area contributed by atoms with Gasteiger partial charge in [0.2, 0.25) is 11.9 Å². The summed E-state index contributed by atoms with van der Waals surface area (Å²) >= 11 is 5.30. The van der Waals surface area contributed by atoms with Crippen LogP contribution in [-0.2, 0) is 17.9 Å². The van der Waals surface area contributed by atoms with Crippen LogP contribution in [0.15, 0.2) is 15.9 Å². The third-order valence-electron chi connectivity index (χ3n) is 5.52. The van der Waals surface area contributed by atoms with Crippen LogP contribution in [-0.4, -0.2) is 70.2 Å². The van der Waals surface area contributed by atoms with Crippen LogP contribution in [0.3, 0.4) is 0 Å². The predicted octanol–water partition coefficient (Wildman–Crippen LogP) is 2.78. The Balaban J connectivity index is 1.42. The monoisotopic (exact) mass is 466 g/mol. The highest BCUT2D eigenvalue weighted by Crippen LogP contribution is 2.40. The third kappa shape index (κ3) is 4.58. The molecule has 152 valence electrons. The molecule has 0 radical (unpaired) electrons. The molecule has 0 N–H and O–H groups in total. The number of halogens is 1. The van der Waals surface area contributed by atoms with Crippen LogP contribution in [0.4, 0.5) is 5.95 Å². The number of nitrogens with zero attached hydrogens (tertiary/aromatic N) is 6. The van der Waals surface area contributed by atoms with Gasteiger partial charge in [0, 0.05) is 64.0 Å². The van der Waals surface area contributed by atoms with Gasteiger partial charge in [-0.15, -0.1) is 21.5 Å². The third-order valence-corrected chi connectivity index (χ3v) is 7.13. The Bertz CT molecular complexity index is 824. The summed E-state index contributed by atoms with van der Waals surface area (Å²) in [6.45, 7) is 7.88. The van der Waals surface area contributed by atoms with E-state index in [0.29, 0.717) is 5.92 Å². The molecule has 1 saturated heterocycles. The number of thiophene rings is 1. The van der Waals surface area contributed by atoms with Crippen molar-refractivity contribution >= 4 is 39.1 Å². The zero-order valence-corrected chi connectivity index (χ0v) is 18.9. The standard InChI is InChI=1S/C19H27BrN6OS/c1-14(27)25-10-7-24(8-11-25)9-12-26-18(15-3-4-15)21-22-19(26)23(2)13-16-5-6-17(20)28-16/h5-6,15H,3-4,7-13H2,1-2H3. The molecule has 0 atom stereocenters. The fourth-order valence-corrected chi connectivity index (χ4v) is 5.25. The van der Waals surface area contributed by atoms with E-state index in [1.807, 2.05) is 4.90 Å². The Morgan fingerprint density at radius 2 is 1.96 bits per heavy atom. The van der Waals surface area contributed by atoms with Crippen molar-refractivity contribution in [3.63, 3.8) is 0 Å². The first-order valence-electron chi connectivity index (χ1n) is 9.87. The van der Waals surface area contributed by atoms with Crippen molar-refractivity contribution in [2.75, 3.05) is 44.7 Å². The SMILES string of the molecule is CC(=O)N1CCN(CCn2c(C3CC3)nnc2N(C)Cc2ccc(Br)s2)CC1. The van der Waals surface area contributed by atoms with Gasteiger partial charge in [-0.05, 0) is 40.9 Å². The number of piperazine rings is 1. The van der Waals surface area contributed by atoms with Crippen LogP contribution in [0.1, 0.15) is 36.4 Å². The van der Waals surface area contributed by atoms with Gasteiger partial charge in [-0.25, -0.2) is 0 Å². The minimum atomic E-state index is 0.179. The van der Waals surface area contributed by atoms with Gasteiger partial charge < -0.3 is 9.80 Å². The summed E-state index contributed by atoms with van der Waals surface area (Å²) in [5.41, 5.74) is 0.